The molecule has 3 aliphatic rings. The van der Waals surface area contributed by atoms with E-state index in [0.29, 0.717) is 0 Å². The number of rotatable bonds is 2. The molecule has 4 nitrogen and oxygen atoms in total. The van der Waals surface area contributed by atoms with Crippen molar-refractivity contribution in [2.24, 2.45) is 17.3 Å². The van der Waals surface area contributed by atoms with E-state index in [4.69, 9.17) is 4.74 Å². The summed E-state index contributed by atoms with van der Waals surface area (Å²) in [6, 6.07) is 0. The Balaban J connectivity index is 2.34. The quantitative estimate of drug-likeness (QED) is 0.555. The van der Waals surface area contributed by atoms with Crippen LogP contribution in [0, 0.1) is 17.3 Å². The van der Waals surface area contributed by atoms with Gasteiger partial charge in [-0.2, -0.15) is 0 Å². The number of hydrogen-bond acceptors (Lipinski definition) is 3. The van der Waals surface area contributed by atoms with E-state index in [9.17, 15) is 14.7 Å². The second kappa shape index (κ2) is 3.51. The van der Waals surface area contributed by atoms with Gasteiger partial charge in [0.2, 0.25) is 0 Å². The number of hydrogen-bond donors (Lipinski definition) is 1. The molecule has 3 aliphatic carbocycles. The number of esters is 1. The summed E-state index contributed by atoms with van der Waals surface area (Å²) < 4.78 is 4.69. The van der Waals surface area contributed by atoms with Crippen LogP contribution in [0.15, 0.2) is 0 Å². The van der Waals surface area contributed by atoms with E-state index in [-0.39, 0.29) is 11.8 Å². The average molecular weight is 212 g/mol. The molecule has 1 N–H and O–H groups in total. The predicted octanol–water partition coefficient (Wildman–Crippen LogP) is 1.44. The van der Waals surface area contributed by atoms with E-state index in [2.05, 4.69) is 0 Å². The highest BCUT2D eigenvalue weighted by Gasteiger charge is 2.66. The summed E-state index contributed by atoms with van der Waals surface area (Å²) in [5.41, 5.74) is -1.22. The molecule has 2 bridgehead atoms. The number of ether oxygens (including phenoxy) is 1. The van der Waals surface area contributed by atoms with Gasteiger partial charge in [-0.25, -0.2) is 0 Å². The smallest absolute Gasteiger partial charge is 0.323 e. The summed E-state index contributed by atoms with van der Waals surface area (Å²) in [5.74, 6) is -1.54. The molecule has 0 radical (unpaired) electrons. The first kappa shape index (κ1) is 10.5. The minimum absolute atomic E-state index is 0.00468. The lowest BCUT2D eigenvalue weighted by atomic mass is 9.52. The average Bonchev–Trinajstić information content (AvgIpc) is 2.51. The van der Waals surface area contributed by atoms with Crippen molar-refractivity contribution in [3.05, 3.63) is 0 Å². The number of carbonyl (C=O) groups is 2. The van der Waals surface area contributed by atoms with Crippen molar-refractivity contribution in [1.82, 2.24) is 0 Å². The van der Waals surface area contributed by atoms with Crippen LogP contribution in [0.3, 0.4) is 0 Å². The van der Waals surface area contributed by atoms with Crippen LogP contribution in [0.4, 0.5) is 0 Å². The van der Waals surface area contributed by atoms with Gasteiger partial charge >= 0.3 is 11.9 Å². The van der Waals surface area contributed by atoms with Crippen molar-refractivity contribution in [2.45, 2.75) is 32.1 Å². The van der Waals surface area contributed by atoms with Gasteiger partial charge in [0.1, 0.15) is 0 Å². The number of fused-ring (bicyclic) bond motifs is 3. The molecule has 0 aromatic carbocycles. The zero-order chi connectivity index (χ0) is 11.1. The molecular weight excluding hydrogens is 196 g/mol. The Morgan fingerprint density at radius 1 is 1.27 bits per heavy atom. The van der Waals surface area contributed by atoms with Gasteiger partial charge < -0.3 is 9.84 Å². The molecule has 3 fully saturated rings. The topological polar surface area (TPSA) is 63.6 Å². The van der Waals surface area contributed by atoms with Crippen LogP contribution in [-0.2, 0) is 14.3 Å². The summed E-state index contributed by atoms with van der Waals surface area (Å²) in [4.78, 5) is 23.1. The van der Waals surface area contributed by atoms with E-state index in [1.807, 2.05) is 0 Å². The fourth-order valence-electron chi connectivity index (χ4n) is 3.30. The second-order valence-corrected chi connectivity index (χ2v) is 4.58. The van der Waals surface area contributed by atoms with Crippen molar-refractivity contribution < 1.29 is 19.4 Å². The minimum Gasteiger partial charge on any atom is -0.480 e. The Bertz CT molecular complexity index is 281. The van der Waals surface area contributed by atoms with Crippen LogP contribution >= 0.6 is 0 Å². The van der Waals surface area contributed by atoms with E-state index >= 15 is 0 Å². The lowest BCUT2D eigenvalue weighted by Crippen LogP contribution is -2.59. The van der Waals surface area contributed by atoms with E-state index in [1.165, 1.54) is 7.11 Å². The molecule has 0 aliphatic heterocycles. The van der Waals surface area contributed by atoms with E-state index in [0.717, 1.165) is 32.1 Å². The lowest BCUT2D eigenvalue weighted by molar-refractivity contribution is -0.191. The third-order valence-corrected chi connectivity index (χ3v) is 4.09. The number of carbonyl (C=O) groups excluding carboxylic acids is 1. The SMILES string of the molecule is COC(=O)C1(C(=O)O)C2CCCCC1C2. The minimum atomic E-state index is -1.22. The van der Waals surface area contributed by atoms with Crippen molar-refractivity contribution in [3.63, 3.8) is 0 Å². The van der Waals surface area contributed by atoms with Crippen LogP contribution in [0.5, 0.6) is 0 Å². The van der Waals surface area contributed by atoms with Crippen LogP contribution in [0.2, 0.25) is 0 Å². The van der Waals surface area contributed by atoms with Gasteiger partial charge in [-0.3, -0.25) is 9.59 Å². The Labute approximate surface area is 88.6 Å². The lowest BCUT2D eigenvalue weighted by Gasteiger charge is -2.49. The molecule has 0 saturated heterocycles. The maximum atomic E-state index is 11.7. The van der Waals surface area contributed by atoms with E-state index < -0.39 is 17.4 Å². The summed E-state index contributed by atoms with van der Waals surface area (Å²) in [7, 11) is 1.28. The van der Waals surface area contributed by atoms with Gasteiger partial charge in [-0.1, -0.05) is 12.8 Å². The molecule has 0 amide bonds. The summed E-state index contributed by atoms with van der Waals surface area (Å²) >= 11 is 0. The maximum absolute atomic E-state index is 11.7. The van der Waals surface area contributed by atoms with Gasteiger partial charge in [0, 0.05) is 0 Å². The monoisotopic (exact) mass is 212 g/mol. The van der Waals surface area contributed by atoms with E-state index in [1.54, 1.807) is 0 Å². The van der Waals surface area contributed by atoms with Crippen molar-refractivity contribution in [2.75, 3.05) is 7.11 Å². The third kappa shape index (κ3) is 1.20. The zero-order valence-corrected chi connectivity index (χ0v) is 8.86. The molecule has 0 aromatic rings. The number of carboxylic acid groups (broad SMARTS) is 1. The molecule has 0 heterocycles. The van der Waals surface area contributed by atoms with Crippen LogP contribution in [0.25, 0.3) is 0 Å². The molecule has 0 spiro atoms. The number of carboxylic acids is 1. The molecule has 84 valence electrons. The zero-order valence-electron chi connectivity index (χ0n) is 8.86. The second-order valence-electron chi connectivity index (χ2n) is 4.58. The Kier molecular flexibility index (Phi) is 2.44. The van der Waals surface area contributed by atoms with Crippen LogP contribution in [0.1, 0.15) is 32.1 Å². The molecule has 2 atom stereocenters. The van der Waals surface area contributed by atoms with Gasteiger partial charge in [-0.05, 0) is 31.1 Å². The summed E-state index contributed by atoms with van der Waals surface area (Å²) in [6.07, 6.45) is 4.64. The van der Waals surface area contributed by atoms with Crippen molar-refractivity contribution >= 4 is 11.9 Å². The largest absolute Gasteiger partial charge is 0.480 e. The van der Waals surface area contributed by atoms with Gasteiger partial charge in [0.25, 0.3) is 0 Å². The standard InChI is InChI=1S/C11H16O4/c1-15-10(14)11(9(12)13)7-4-2-3-5-8(11)6-7/h7-8H,2-6H2,1H3,(H,12,13). The molecular formula is C11H16O4. The van der Waals surface area contributed by atoms with Gasteiger partial charge in [-0.15, -0.1) is 0 Å². The predicted molar refractivity (Wildman–Crippen MR) is 52.1 cm³/mol. The van der Waals surface area contributed by atoms with Crippen molar-refractivity contribution in [1.29, 1.82) is 0 Å². The Hall–Kier alpha value is -1.06. The molecule has 4 heteroatoms. The highest BCUT2D eigenvalue weighted by Crippen LogP contribution is 2.58. The molecule has 3 rings (SSSR count). The maximum Gasteiger partial charge on any atom is 0.323 e. The first-order chi connectivity index (χ1) is 7.14. The first-order valence-electron chi connectivity index (χ1n) is 5.45. The van der Waals surface area contributed by atoms with Crippen LogP contribution < -0.4 is 0 Å². The molecule has 3 saturated carbocycles. The highest BCUT2D eigenvalue weighted by molar-refractivity contribution is 6.01. The molecule has 0 aromatic heterocycles. The number of aliphatic carboxylic acids is 1. The fourth-order valence-corrected chi connectivity index (χ4v) is 3.30. The van der Waals surface area contributed by atoms with Gasteiger partial charge in [0.15, 0.2) is 5.41 Å². The van der Waals surface area contributed by atoms with Crippen LogP contribution in [-0.4, -0.2) is 24.2 Å². The highest BCUT2D eigenvalue weighted by atomic mass is 16.5. The third-order valence-electron chi connectivity index (χ3n) is 4.09. The summed E-state index contributed by atoms with van der Waals surface area (Å²) in [5, 5.41) is 9.32. The number of methoxy groups -OCH3 is 1. The van der Waals surface area contributed by atoms with Gasteiger partial charge in [0.05, 0.1) is 7.11 Å². The Morgan fingerprint density at radius 3 is 2.20 bits per heavy atom. The Morgan fingerprint density at radius 2 is 1.80 bits per heavy atom. The molecule has 15 heavy (non-hydrogen) atoms. The van der Waals surface area contributed by atoms with Crippen molar-refractivity contribution in [3.8, 4) is 0 Å². The normalized spacial score (nSPS) is 38.7. The first-order valence-corrected chi connectivity index (χ1v) is 5.45. The molecule has 2 unspecified atom stereocenters. The fraction of sp³-hybridized carbons (Fsp3) is 0.818. The summed E-state index contributed by atoms with van der Waals surface area (Å²) in [6.45, 7) is 0.